The number of carbonyl (C=O) groups is 2. The molecule has 0 aliphatic rings. The highest BCUT2D eigenvalue weighted by molar-refractivity contribution is 7.80. The highest BCUT2D eigenvalue weighted by Crippen LogP contribution is 2.17. The number of nitrogens with one attached hydrogen (secondary N) is 1. The van der Waals surface area contributed by atoms with Crippen LogP contribution in [0.3, 0.4) is 0 Å². The van der Waals surface area contributed by atoms with E-state index in [0.717, 1.165) is 0 Å². The largest absolute Gasteiger partial charge is 0.480 e. The molecule has 0 saturated carbocycles. The van der Waals surface area contributed by atoms with E-state index < -0.39 is 17.4 Å². The number of hydrogen-bond donors (Lipinski definition) is 4. The van der Waals surface area contributed by atoms with Crippen LogP contribution in [-0.4, -0.2) is 34.5 Å². The van der Waals surface area contributed by atoms with Gasteiger partial charge in [0, 0.05) is 5.75 Å². The van der Waals surface area contributed by atoms with Gasteiger partial charge in [-0.3, -0.25) is 4.79 Å². The molecule has 0 bridgehead atoms. The second-order valence-corrected chi connectivity index (χ2v) is 4.68. The van der Waals surface area contributed by atoms with Crippen molar-refractivity contribution >= 4 is 37.1 Å². The molecule has 0 aromatic rings. The lowest BCUT2D eigenvalue weighted by Crippen LogP contribution is -2.47. The molecule has 0 aromatic carbocycles. The second kappa shape index (κ2) is 6.27. The minimum absolute atomic E-state index is 0.299. The van der Waals surface area contributed by atoms with Crippen molar-refractivity contribution in [2.24, 2.45) is 5.41 Å². The molecule has 0 radical (unpaired) electrons. The maximum atomic E-state index is 11.6. The number of carboxylic acids is 1. The molecule has 0 rings (SSSR count). The fraction of sp³-hybridized carbons (Fsp3) is 0.778. The zero-order valence-corrected chi connectivity index (χ0v) is 10.6. The van der Waals surface area contributed by atoms with Crippen LogP contribution in [0.2, 0.25) is 0 Å². The predicted molar refractivity (Wildman–Crippen MR) is 65.7 cm³/mol. The Hall–Kier alpha value is -0.360. The van der Waals surface area contributed by atoms with Gasteiger partial charge in [0.25, 0.3) is 0 Å². The van der Waals surface area contributed by atoms with Crippen LogP contribution in [0.25, 0.3) is 0 Å². The monoisotopic (exact) mass is 251 g/mol. The minimum Gasteiger partial charge on any atom is -0.480 e. The molecule has 1 atom stereocenters. The smallest absolute Gasteiger partial charge is 0.326 e. The Bertz CT molecular complexity index is 244. The predicted octanol–water partition coefficient (Wildman–Crippen LogP) is 0.832. The molecule has 2 N–H and O–H groups in total. The summed E-state index contributed by atoms with van der Waals surface area (Å²) in [6.45, 7) is 3.43. The Morgan fingerprint density at radius 2 is 1.93 bits per heavy atom. The SMILES string of the molecule is CC(C)(CS)C(=O)N[C@@H](CCS)C(=O)O. The molecule has 1 amide bonds. The molecule has 4 nitrogen and oxygen atoms in total. The molecular formula is C9H17NO3S2. The van der Waals surface area contributed by atoms with Crippen molar-refractivity contribution in [2.45, 2.75) is 26.3 Å². The first-order valence-electron chi connectivity index (χ1n) is 4.60. The Labute approximate surface area is 101 Å². The first kappa shape index (κ1) is 14.6. The standard InChI is InChI=1S/C9H17NO3S2/c1-9(2,5-15)8(13)10-6(3-4-14)7(11)12/h6,14-15H,3-5H2,1-2H3,(H,10,13)(H,11,12)/t6-/m0/s1. The van der Waals surface area contributed by atoms with Crippen molar-refractivity contribution in [1.82, 2.24) is 5.32 Å². The van der Waals surface area contributed by atoms with E-state index in [9.17, 15) is 9.59 Å². The Morgan fingerprint density at radius 3 is 2.27 bits per heavy atom. The van der Waals surface area contributed by atoms with Crippen LogP contribution >= 0.6 is 25.3 Å². The van der Waals surface area contributed by atoms with Gasteiger partial charge in [-0.15, -0.1) is 0 Å². The molecule has 0 spiro atoms. The number of thiol groups is 2. The van der Waals surface area contributed by atoms with Crippen LogP contribution in [0.5, 0.6) is 0 Å². The van der Waals surface area contributed by atoms with Gasteiger partial charge in [-0.25, -0.2) is 4.79 Å². The van der Waals surface area contributed by atoms with E-state index in [1.54, 1.807) is 13.8 Å². The third kappa shape index (κ3) is 4.79. The van der Waals surface area contributed by atoms with Crippen LogP contribution in [0, 0.1) is 5.41 Å². The van der Waals surface area contributed by atoms with Gasteiger partial charge in [0.05, 0.1) is 5.41 Å². The zero-order valence-electron chi connectivity index (χ0n) is 8.86. The molecule has 15 heavy (non-hydrogen) atoms. The Kier molecular flexibility index (Phi) is 6.12. The average Bonchev–Trinajstić information content (AvgIpc) is 2.16. The van der Waals surface area contributed by atoms with Crippen molar-refractivity contribution < 1.29 is 14.7 Å². The Morgan fingerprint density at radius 1 is 1.40 bits per heavy atom. The molecule has 88 valence electrons. The number of carboxylic acid groups (broad SMARTS) is 1. The summed E-state index contributed by atoms with van der Waals surface area (Å²) in [5, 5.41) is 11.3. The summed E-state index contributed by atoms with van der Waals surface area (Å²) < 4.78 is 0. The van der Waals surface area contributed by atoms with E-state index >= 15 is 0 Å². The number of amides is 1. The normalized spacial score (nSPS) is 13.3. The first-order chi connectivity index (χ1) is 6.85. The maximum Gasteiger partial charge on any atom is 0.326 e. The lowest BCUT2D eigenvalue weighted by molar-refractivity contribution is -0.143. The molecule has 0 fully saturated rings. The molecular weight excluding hydrogens is 234 g/mol. The minimum atomic E-state index is -1.03. The summed E-state index contributed by atoms with van der Waals surface area (Å²) in [5.41, 5.74) is -0.659. The van der Waals surface area contributed by atoms with Gasteiger partial charge in [-0.1, -0.05) is 13.8 Å². The van der Waals surface area contributed by atoms with Crippen LogP contribution in [0.4, 0.5) is 0 Å². The Balaban J connectivity index is 4.41. The van der Waals surface area contributed by atoms with Crippen molar-refractivity contribution in [2.75, 3.05) is 11.5 Å². The highest BCUT2D eigenvalue weighted by Gasteiger charge is 2.29. The molecule has 0 heterocycles. The van der Waals surface area contributed by atoms with Gasteiger partial charge in [0.15, 0.2) is 0 Å². The number of carbonyl (C=O) groups excluding carboxylic acids is 1. The summed E-state index contributed by atoms with van der Waals surface area (Å²) in [6.07, 6.45) is 0.312. The molecule has 0 aliphatic heterocycles. The number of rotatable bonds is 6. The van der Waals surface area contributed by atoms with E-state index in [1.807, 2.05) is 0 Å². The number of aliphatic carboxylic acids is 1. The van der Waals surface area contributed by atoms with Crippen molar-refractivity contribution in [3.63, 3.8) is 0 Å². The van der Waals surface area contributed by atoms with Gasteiger partial charge >= 0.3 is 5.97 Å². The molecule has 0 aromatic heterocycles. The summed E-state index contributed by atoms with van der Waals surface area (Å²) in [4.78, 5) is 22.4. The summed E-state index contributed by atoms with van der Waals surface area (Å²) in [6, 6.07) is -0.867. The highest BCUT2D eigenvalue weighted by atomic mass is 32.1. The van der Waals surface area contributed by atoms with E-state index in [2.05, 4.69) is 30.6 Å². The van der Waals surface area contributed by atoms with Crippen LogP contribution in [0.15, 0.2) is 0 Å². The lowest BCUT2D eigenvalue weighted by atomic mass is 9.94. The van der Waals surface area contributed by atoms with Crippen LogP contribution in [-0.2, 0) is 9.59 Å². The van der Waals surface area contributed by atoms with Crippen LogP contribution < -0.4 is 5.32 Å². The molecule has 0 saturated heterocycles. The maximum absolute atomic E-state index is 11.6. The van der Waals surface area contributed by atoms with E-state index in [-0.39, 0.29) is 5.91 Å². The van der Waals surface area contributed by atoms with Crippen molar-refractivity contribution in [1.29, 1.82) is 0 Å². The average molecular weight is 251 g/mol. The van der Waals surface area contributed by atoms with Crippen molar-refractivity contribution in [3.05, 3.63) is 0 Å². The zero-order chi connectivity index (χ0) is 12.1. The fourth-order valence-corrected chi connectivity index (χ4v) is 1.21. The van der Waals surface area contributed by atoms with Gasteiger partial charge in [0.1, 0.15) is 6.04 Å². The van der Waals surface area contributed by atoms with Gasteiger partial charge in [0.2, 0.25) is 5.91 Å². The van der Waals surface area contributed by atoms with E-state index in [4.69, 9.17) is 5.11 Å². The first-order valence-corrected chi connectivity index (χ1v) is 5.87. The topological polar surface area (TPSA) is 66.4 Å². The van der Waals surface area contributed by atoms with Crippen LogP contribution in [0.1, 0.15) is 20.3 Å². The number of hydrogen-bond acceptors (Lipinski definition) is 4. The molecule has 0 aliphatic carbocycles. The van der Waals surface area contributed by atoms with Gasteiger partial charge < -0.3 is 10.4 Å². The van der Waals surface area contributed by atoms with Crippen molar-refractivity contribution in [3.8, 4) is 0 Å². The summed E-state index contributed by atoms with van der Waals surface area (Å²) in [5.74, 6) is -0.552. The quantitative estimate of drug-likeness (QED) is 0.529. The molecule has 6 heteroatoms. The fourth-order valence-electron chi connectivity index (χ4n) is 0.812. The third-order valence-corrected chi connectivity index (χ3v) is 3.08. The van der Waals surface area contributed by atoms with Gasteiger partial charge in [-0.05, 0) is 12.2 Å². The summed E-state index contributed by atoms with van der Waals surface area (Å²) >= 11 is 7.99. The summed E-state index contributed by atoms with van der Waals surface area (Å²) in [7, 11) is 0. The lowest BCUT2D eigenvalue weighted by Gasteiger charge is -2.23. The second-order valence-electron chi connectivity index (χ2n) is 3.92. The van der Waals surface area contributed by atoms with Gasteiger partial charge in [-0.2, -0.15) is 25.3 Å². The van der Waals surface area contributed by atoms with E-state index in [1.165, 1.54) is 0 Å². The molecule has 0 unspecified atom stereocenters. The third-order valence-electron chi connectivity index (χ3n) is 2.03. The van der Waals surface area contributed by atoms with E-state index in [0.29, 0.717) is 17.9 Å².